The quantitative estimate of drug-likeness (QED) is 0.382. The van der Waals surface area contributed by atoms with Crippen molar-refractivity contribution in [3.63, 3.8) is 0 Å². The Hall–Kier alpha value is -1.37. The highest BCUT2D eigenvalue weighted by atomic mass is 17.2. The minimum Gasteiger partial charge on any atom is -0.400 e. The van der Waals surface area contributed by atoms with Gasteiger partial charge in [-0.05, 0) is 12.1 Å². The number of hydrogen-bond acceptors (Lipinski definition) is 5. The Balaban J connectivity index is 2.50. The minimum atomic E-state index is -2.12. The lowest BCUT2D eigenvalue weighted by atomic mass is 10.2. The number of carbonyl (C=O) groups is 1. The van der Waals surface area contributed by atoms with Gasteiger partial charge in [-0.2, -0.15) is 4.81 Å². The second-order valence-corrected chi connectivity index (χ2v) is 2.16. The Labute approximate surface area is 74.6 Å². The van der Waals surface area contributed by atoms with Gasteiger partial charge in [0.05, 0.1) is 5.56 Å². The van der Waals surface area contributed by atoms with E-state index in [1.165, 1.54) is 12.1 Å². The first-order chi connectivity index (χ1) is 6.20. The molecule has 0 spiro atoms. The van der Waals surface area contributed by atoms with Crippen LogP contribution in [0.1, 0.15) is 10.4 Å². The first-order valence-electron chi connectivity index (χ1n) is 3.49. The van der Waals surface area contributed by atoms with Gasteiger partial charge in [-0.1, -0.05) is 18.2 Å². The molecule has 0 fully saturated rings. The monoisotopic (exact) mass is 182 g/mol. The van der Waals surface area contributed by atoms with Gasteiger partial charge in [-0.15, -0.1) is 0 Å². The zero-order chi connectivity index (χ0) is 9.68. The highest BCUT2D eigenvalue weighted by Crippen LogP contribution is 2.00. The van der Waals surface area contributed by atoms with Gasteiger partial charge in [0.2, 0.25) is 0 Å². The van der Waals surface area contributed by atoms with Gasteiger partial charge in [0.1, 0.15) is 0 Å². The average Bonchev–Trinajstić information content (AvgIpc) is 2.15. The molecule has 0 aliphatic carbocycles. The Bertz CT molecular complexity index is 273. The molecule has 68 valence electrons. The molecule has 0 unspecified atom stereocenters. The summed E-state index contributed by atoms with van der Waals surface area (Å²) in [7, 11) is -2.12. The van der Waals surface area contributed by atoms with Crippen LogP contribution in [0.2, 0.25) is 0 Å². The van der Waals surface area contributed by atoms with Gasteiger partial charge in [-0.25, -0.2) is 4.79 Å². The third-order valence-electron chi connectivity index (χ3n) is 1.22. The van der Waals surface area contributed by atoms with Gasteiger partial charge in [-0.3, -0.25) is 0 Å². The van der Waals surface area contributed by atoms with E-state index < -0.39 is 13.3 Å². The van der Waals surface area contributed by atoms with Crippen molar-refractivity contribution < 1.29 is 24.5 Å². The van der Waals surface area contributed by atoms with E-state index in [9.17, 15) is 4.79 Å². The summed E-state index contributed by atoms with van der Waals surface area (Å²) in [6.07, 6.45) is 0. The van der Waals surface area contributed by atoms with E-state index in [0.29, 0.717) is 0 Å². The van der Waals surface area contributed by atoms with Crippen LogP contribution in [-0.4, -0.2) is 23.3 Å². The van der Waals surface area contributed by atoms with Crippen LogP contribution in [0.25, 0.3) is 0 Å². The normalized spacial score (nSPS) is 9.38. The maximum atomic E-state index is 11.0. The molecule has 0 saturated carbocycles. The van der Waals surface area contributed by atoms with Crippen LogP contribution in [0, 0.1) is 0 Å². The SMILES string of the molecule is O=C(OOB(O)O)c1ccccc1. The van der Waals surface area contributed by atoms with Gasteiger partial charge >= 0.3 is 13.3 Å². The number of rotatable bonds is 3. The average molecular weight is 182 g/mol. The molecule has 5 nitrogen and oxygen atoms in total. The van der Waals surface area contributed by atoms with Gasteiger partial charge in [0, 0.05) is 0 Å². The molecule has 2 N–H and O–H groups in total. The molecule has 0 aliphatic heterocycles. The zero-order valence-electron chi connectivity index (χ0n) is 6.58. The van der Waals surface area contributed by atoms with Crippen molar-refractivity contribution >= 4 is 13.3 Å². The zero-order valence-corrected chi connectivity index (χ0v) is 6.58. The standard InChI is InChI=1S/C7H7BO5/c9-7(12-13-8(10)11)6-4-2-1-3-5-6/h1-5,10-11H. The highest BCUT2D eigenvalue weighted by Gasteiger charge is 2.14. The van der Waals surface area contributed by atoms with Crippen LogP contribution < -0.4 is 0 Å². The molecule has 13 heavy (non-hydrogen) atoms. The molecule has 0 radical (unpaired) electrons. The second-order valence-electron chi connectivity index (χ2n) is 2.16. The van der Waals surface area contributed by atoms with Crippen LogP contribution in [0.3, 0.4) is 0 Å². The summed E-state index contributed by atoms with van der Waals surface area (Å²) in [5.41, 5.74) is 0.267. The lowest BCUT2D eigenvalue weighted by Gasteiger charge is -2.01. The molecular formula is C7H7BO5. The Morgan fingerprint density at radius 2 is 1.85 bits per heavy atom. The van der Waals surface area contributed by atoms with E-state index >= 15 is 0 Å². The van der Waals surface area contributed by atoms with E-state index in [1.54, 1.807) is 18.2 Å². The molecule has 1 rings (SSSR count). The van der Waals surface area contributed by atoms with Crippen molar-refractivity contribution in [3.8, 4) is 0 Å². The third-order valence-corrected chi connectivity index (χ3v) is 1.22. The van der Waals surface area contributed by atoms with Crippen LogP contribution in [0.15, 0.2) is 30.3 Å². The predicted molar refractivity (Wildman–Crippen MR) is 43.1 cm³/mol. The van der Waals surface area contributed by atoms with Crippen molar-refractivity contribution in [2.45, 2.75) is 0 Å². The topological polar surface area (TPSA) is 76.0 Å². The van der Waals surface area contributed by atoms with E-state index in [2.05, 4.69) is 9.69 Å². The molecule has 0 bridgehead atoms. The van der Waals surface area contributed by atoms with Crippen LogP contribution >= 0.6 is 0 Å². The molecule has 0 saturated heterocycles. The molecule has 0 aromatic heterocycles. The van der Waals surface area contributed by atoms with Gasteiger partial charge < -0.3 is 14.9 Å². The first kappa shape index (κ1) is 9.72. The lowest BCUT2D eigenvalue weighted by Crippen LogP contribution is -2.19. The molecule has 0 atom stereocenters. The van der Waals surface area contributed by atoms with Crippen molar-refractivity contribution in [2.75, 3.05) is 0 Å². The minimum absolute atomic E-state index is 0.267. The fourth-order valence-corrected chi connectivity index (χ4v) is 0.709. The largest absolute Gasteiger partial charge is 0.673 e. The van der Waals surface area contributed by atoms with E-state index in [4.69, 9.17) is 10.0 Å². The predicted octanol–water partition coefficient (Wildman–Crippen LogP) is -0.255. The molecule has 0 aliphatic rings. The van der Waals surface area contributed by atoms with Crippen molar-refractivity contribution in [3.05, 3.63) is 35.9 Å². The summed E-state index contributed by atoms with van der Waals surface area (Å²) in [6, 6.07) is 8.04. The summed E-state index contributed by atoms with van der Waals surface area (Å²) in [6.45, 7) is 0. The summed E-state index contributed by atoms with van der Waals surface area (Å²) in [5.74, 6) is -0.784. The molecular weight excluding hydrogens is 175 g/mol. The van der Waals surface area contributed by atoms with Crippen molar-refractivity contribution in [2.24, 2.45) is 0 Å². The molecule has 0 heterocycles. The summed E-state index contributed by atoms with van der Waals surface area (Å²) in [4.78, 5) is 18.8. The Morgan fingerprint density at radius 3 is 2.38 bits per heavy atom. The smallest absolute Gasteiger partial charge is 0.400 e. The third kappa shape index (κ3) is 3.24. The highest BCUT2D eigenvalue weighted by molar-refractivity contribution is 6.32. The van der Waals surface area contributed by atoms with Crippen LogP contribution in [-0.2, 0) is 9.69 Å². The van der Waals surface area contributed by atoms with Crippen molar-refractivity contribution in [1.29, 1.82) is 0 Å². The van der Waals surface area contributed by atoms with E-state index in [0.717, 1.165) is 0 Å². The molecule has 6 heteroatoms. The van der Waals surface area contributed by atoms with E-state index in [1.807, 2.05) is 0 Å². The summed E-state index contributed by atoms with van der Waals surface area (Å²) < 4.78 is 0. The summed E-state index contributed by atoms with van der Waals surface area (Å²) in [5, 5.41) is 16.4. The van der Waals surface area contributed by atoms with E-state index in [-0.39, 0.29) is 5.56 Å². The molecule has 1 aromatic rings. The Kier molecular flexibility index (Phi) is 3.45. The fourth-order valence-electron chi connectivity index (χ4n) is 0.709. The molecule has 1 aromatic carbocycles. The van der Waals surface area contributed by atoms with Gasteiger partial charge in [0.15, 0.2) is 0 Å². The van der Waals surface area contributed by atoms with Gasteiger partial charge in [0.25, 0.3) is 0 Å². The second kappa shape index (κ2) is 4.61. The van der Waals surface area contributed by atoms with Crippen molar-refractivity contribution in [1.82, 2.24) is 0 Å². The molecule has 0 amide bonds. The maximum absolute atomic E-state index is 11.0. The number of benzene rings is 1. The van der Waals surface area contributed by atoms with Crippen LogP contribution in [0.5, 0.6) is 0 Å². The Morgan fingerprint density at radius 1 is 1.23 bits per heavy atom. The fraction of sp³-hybridized carbons (Fsp3) is 0. The first-order valence-corrected chi connectivity index (χ1v) is 3.49. The lowest BCUT2D eigenvalue weighted by molar-refractivity contribution is -0.179. The summed E-state index contributed by atoms with van der Waals surface area (Å²) >= 11 is 0. The van der Waals surface area contributed by atoms with Crippen LogP contribution in [0.4, 0.5) is 0 Å². The number of hydrogen-bond donors (Lipinski definition) is 2. The number of carbonyl (C=O) groups excluding carboxylic acids is 1. The maximum Gasteiger partial charge on any atom is 0.673 e.